The van der Waals surface area contributed by atoms with Gasteiger partial charge < -0.3 is 5.73 Å². The van der Waals surface area contributed by atoms with Gasteiger partial charge in [-0.3, -0.25) is 4.68 Å². The van der Waals surface area contributed by atoms with Crippen molar-refractivity contribution in [2.75, 3.05) is 5.75 Å². The molecule has 1 rings (SSSR count). The van der Waals surface area contributed by atoms with Crippen molar-refractivity contribution in [2.45, 2.75) is 44.9 Å². The number of rotatable bonds is 4. The predicted octanol–water partition coefficient (Wildman–Crippen LogP) is 2.13. The van der Waals surface area contributed by atoms with Gasteiger partial charge in [0.25, 0.3) is 0 Å². The highest BCUT2D eigenvalue weighted by Crippen LogP contribution is 2.23. The van der Waals surface area contributed by atoms with E-state index in [-0.39, 0.29) is 6.04 Å². The minimum atomic E-state index is 0.207. The molecule has 1 aromatic heterocycles. The van der Waals surface area contributed by atoms with Crippen molar-refractivity contribution >= 4 is 11.8 Å². The zero-order chi connectivity index (χ0) is 12.3. The van der Waals surface area contributed by atoms with Gasteiger partial charge in [-0.05, 0) is 13.0 Å². The summed E-state index contributed by atoms with van der Waals surface area (Å²) in [5, 5.41) is 4.33. The lowest BCUT2D eigenvalue weighted by Gasteiger charge is -2.20. The van der Waals surface area contributed by atoms with Crippen molar-refractivity contribution < 1.29 is 0 Å². The number of hydrogen-bond acceptors (Lipinski definition) is 3. The van der Waals surface area contributed by atoms with E-state index in [4.69, 9.17) is 5.73 Å². The predicted molar refractivity (Wildman–Crippen MR) is 71.8 cm³/mol. The van der Waals surface area contributed by atoms with Gasteiger partial charge in [-0.15, -0.1) is 0 Å². The molecule has 3 nitrogen and oxygen atoms in total. The fourth-order valence-electron chi connectivity index (χ4n) is 1.54. The first-order valence-electron chi connectivity index (χ1n) is 5.67. The Balaban J connectivity index is 2.45. The molecule has 1 aromatic rings. The summed E-state index contributed by atoms with van der Waals surface area (Å²) in [6, 6.07) is 2.32. The fraction of sp³-hybridized carbons (Fsp3) is 0.750. The van der Waals surface area contributed by atoms with E-state index in [9.17, 15) is 0 Å². The lowest BCUT2D eigenvalue weighted by Crippen LogP contribution is -2.28. The third kappa shape index (κ3) is 4.58. The number of nitrogens with two attached hydrogens (primary N) is 1. The fourth-order valence-corrected chi connectivity index (χ4v) is 2.37. The van der Waals surface area contributed by atoms with Crippen molar-refractivity contribution in [1.29, 1.82) is 0 Å². The van der Waals surface area contributed by atoms with Crippen molar-refractivity contribution in [3.05, 3.63) is 17.5 Å². The van der Waals surface area contributed by atoms with E-state index in [2.05, 4.69) is 31.9 Å². The lowest BCUT2D eigenvalue weighted by molar-refractivity contribution is 0.650. The Labute approximate surface area is 103 Å². The Bertz CT molecular complexity index is 339. The van der Waals surface area contributed by atoms with E-state index in [0.29, 0.717) is 4.75 Å². The van der Waals surface area contributed by atoms with Crippen molar-refractivity contribution in [3.8, 4) is 0 Å². The average Bonchev–Trinajstić information content (AvgIpc) is 2.41. The topological polar surface area (TPSA) is 43.8 Å². The summed E-state index contributed by atoms with van der Waals surface area (Å²) in [5.74, 6) is 0.994. The van der Waals surface area contributed by atoms with Crippen LogP contribution < -0.4 is 5.73 Å². The minimum absolute atomic E-state index is 0.207. The number of aryl methyl sites for hydroxylation is 2. The van der Waals surface area contributed by atoms with Crippen LogP contribution >= 0.6 is 11.8 Å². The molecule has 0 aliphatic rings. The molecule has 0 saturated carbocycles. The summed E-state index contributed by atoms with van der Waals surface area (Å²) in [6.07, 6.45) is 0.903. The molecule has 1 unspecified atom stereocenters. The number of nitrogens with zero attached hydrogens (tertiary/aromatic N) is 2. The first-order valence-corrected chi connectivity index (χ1v) is 6.65. The Morgan fingerprint density at radius 1 is 1.50 bits per heavy atom. The van der Waals surface area contributed by atoms with Crippen molar-refractivity contribution in [1.82, 2.24) is 9.78 Å². The highest BCUT2D eigenvalue weighted by molar-refractivity contribution is 8.00. The van der Waals surface area contributed by atoms with Gasteiger partial charge in [-0.1, -0.05) is 20.8 Å². The minimum Gasteiger partial charge on any atom is -0.327 e. The molecule has 0 amide bonds. The van der Waals surface area contributed by atoms with Gasteiger partial charge in [0.05, 0.1) is 5.69 Å². The van der Waals surface area contributed by atoms with Crippen LogP contribution in [-0.2, 0) is 13.5 Å². The van der Waals surface area contributed by atoms with Crippen LogP contribution in [0.3, 0.4) is 0 Å². The second-order valence-corrected chi connectivity index (χ2v) is 7.13. The van der Waals surface area contributed by atoms with Crippen LogP contribution in [0.2, 0.25) is 0 Å². The molecule has 0 spiro atoms. The van der Waals surface area contributed by atoms with Gasteiger partial charge in [0.1, 0.15) is 0 Å². The molecule has 2 N–H and O–H groups in total. The molecule has 4 heteroatoms. The van der Waals surface area contributed by atoms with E-state index in [1.54, 1.807) is 0 Å². The number of thioether (sulfide) groups is 1. The Hall–Kier alpha value is -0.480. The summed E-state index contributed by atoms with van der Waals surface area (Å²) < 4.78 is 2.22. The molecule has 0 aromatic carbocycles. The molecule has 0 aliphatic carbocycles. The maximum Gasteiger partial charge on any atom is 0.0596 e. The highest BCUT2D eigenvalue weighted by Gasteiger charge is 2.14. The van der Waals surface area contributed by atoms with Crippen LogP contribution in [0.25, 0.3) is 0 Å². The SMILES string of the molecule is Cc1cc(CC(N)CSC(C)(C)C)n(C)n1. The van der Waals surface area contributed by atoms with Gasteiger partial charge in [-0.2, -0.15) is 16.9 Å². The van der Waals surface area contributed by atoms with E-state index in [1.807, 2.05) is 30.4 Å². The van der Waals surface area contributed by atoms with Crippen LogP contribution in [0.4, 0.5) is 0 Å². The quantitative estimate of drug-likeness (QED) is 0.878. The summed E-state index contributed by atoms with van der Waals surface area (Å²) in [7, 11) is 1.98. The summed E-state index contributed by atoms with van der Waals surface area (Å²) >= 11 is 1.92. The molecule has 0 aliphatic heterocycles. The van der Waals surface area contributed by atoms with E-state index in [0.717, 1.165) is 17.9 Å². The van der Waals surface area contributed by atoms with Crippen LogP contribution in [0.1, 0.15) is 32.2 Å². The zero-order valence-electron chi connectivity index (χ0n) is 10.9. The molecule has 16 heavy (non-hydrogen) atoms. The zero-order valence-corrected chi connectivity index (χ0v) is 11.8. The van der Waals surface area contributed by atoms with E-state index < -0.39 is 0 Å². The molecule has 1 atom stereocenters. The molecule has 1 heterocycles. The second kappa shape index (κ2) is 5.23. The summed E-state index contributed by atoms with van der Waals surface area (Å²) in [5.41, 5.74) is 8.41. The third-order valence-electron chi connectivity index (χ3n) is 2.30. The Morgan fingerprint density at radius 3 is 2.56 bits per heavy atom. The normalized spacial score (nSPS) is 14.1. The highest BCUT2D eigenvalue weighted by atomic mass is 32.2. The number of hydrogen-bond donors (Lipinski definition) is 1. The van der Waals surface area contributed by atoms with Gasteiger partial charge in [-0.25, -0.2) is 0 Å². The van der Waals surface area contributed by atoms with E-state index >= 15 is 0 Å². The molecule has 0 bridgehead atoms. The monoisotopic (exact) mass is 241 g/mol. The number of aromatic nitrogens is 2. The van der Waals surface area contributed by atoms with Crippen LogP contribution in [0.5, 0.6) is 0 Å². The molecule has 0 fully saturated rings. The van der Waals surface area contributed by atoms with Crippen LogP contribution in [0.15, 0.2) is 6.07 Å². The van der Waals surface area contributed by atoms with Crippen molar-refractivity contribution in [3.63, 3.8) is 0 Å². The molecular weight excluding hydrogens is 218 g/mol. The molecule has 0 saturated heterocycles. The largest absolute Gasteiger partial charge is 0.327 e. The first-order chi connectivity index (χ1) is 7.28. The van der Waals surface area contributed by atoms with Gasteiger partial charge >= 0.3 is 0 Å². The smallest absolute Gasteiger partial charge is 0.0596 e. The molecular formula is C12H23N3S. The van der Waals surface area contributed by atoms with Gasteiger partial charge in [0.2, 0.25) is 0 Å². The van der Waals surface area contributed by atoms with Crippen molar-refractivity contribution in [2.24, 2.45) is 12.8 Å². The summed E-state index contributed by atoms with van der Waals surface area (Å²) in [4.78, 5) is 0. The average molecular weight is 241 g/mol. The third-order valence-corrected chi connectivity index (χ3v) is 3.76. The molecule has 92 valence electrons. The second-order valence-electron chi connectivity index (χ2n) is 5.29. The maximum absolute atomic E-state index is 6.13. The first kappa shape index (κ1) is 13.6. The van der Waals surface area contributed by atoms with Gasteiger partial charge in [0, 0.05) is 35.7 Å². The Morgan fingerprint density at radius 2 is 2.12 bits per heavy atom. The van der Waals surface area contributed by atoms with E-state index in [1.165, 1.54) is 5.69 Å². The van der Waals surface area contributed by atoms with Crippen LogP contribution in [-0.4, -0.2) is 26.3 Å². The molecule has 0 radical (unpaired) electrons. The Kier molecular flexibility index (Phi) is 4.44. The summed E-state index contributed by atoms with van der Waals surface area (Å²) in [6.45, 7) is 8.68. The standard InChI is InChI=1S/C12H23N3S/c1-9-6-11(15(5)14-9)7-10(13)8-16-12(2,3)4/h6,10H,7-8,13H2,1-5H3. The van der Waals surface area contributed by atoms with Crippen LogP contribution in [0, 0.1) is 6.92 Å². The lowest BCUT2D eigenvalue weighted by atomic mass is 10.2. The maximum atomic E-state index is 6.13. The van der Waals surface area contributed by atoms with Gasteiger partial charge in [0.15, 0.2) is 0 Å².